The number of rotatable bonds is 2. The van der Waals surface area contributed by atoms with Crippen LogP contribution in [-0.2, 0) is 9.53 Å². The highest BCUT2D eigenvalue weighted by Crippen LogP contribution is 2.22. The molecule has 124 valence electrons. The van der Waals surface area contributed by atoms with Gasteiger partial charge in [0.15, 0.2) is 0 Å². The molecule has 0 saturated carbocycles. The van der Waals surface area contributed by atoms with E-state index in [1.807, 2.05) is 0 Å². The van der Waals surface area contributed by atoms with Crippen LogP contribution in [-0.4, -0.2) is 60.6 Å². The van der Waals surface area contributed by atoms with Gasteiger partial charge in [-0.2, -0.15) is 0 Å². The zero-order chi connectivity index (χ0) is 16.2. The summed E-state index contributed by atoms with van der Waals surface area (Å²) in [5, 5.41) is 3.48. The van der Waals surface area contributed by atoms with Gasteiger partial charge in [-0.05, 0) is 37.1 Å². The molecule has 0 radical (unpaired) electrons. The van der Waals surface area contributed by atoms with Gasteiger partial charge < -0.3 is 19.9 Å². The molecule has 0 aliphatic carbocycles. The second kappa shape index (κ2) is 7.19. The smallest absolute Gasteiger partial charge is 0.320 e. The Morgan fingerprint density at radius 1 is 1.13 bits per heavy atom. The summed E-state index contributed by atoms with van der Waals surface area (Å²) in [4.78, 5) is 28.6. The van der Waals surface area contributed by atoms with Crippen LogP contribution >= 0.6 is 11.6 Å². The fourth-order valence-electron chi connectivity index (χ4n) is 2.96. The van der Waals surface area contributed by atoms with E-state index in [1.54, 1.807) is 34.1 Å². The molecular formula is C16H20ClN3O3. The zero-order valence-corrected chi connectivity index (χ0v) is 13.6. The molecule has 7 heteroatoms. The zero-order valence-electron chi connectivity index (χ0n) is 12.8. The van der Waals surface area contributed by atoms with Crippen molar-refractivity contribution in [2.75, 3.05) is 38.2 Å². The molecule has 0 spiro atoms. The third-order valence-corrected chi connectivity index (χ3v) is 4.45. The molecule has 1 aromatic rings. The van der Waals surface area contributed by atoms with Gasteiger partial charge in [-0.3, -0.25) is 4.79 Å². The summed E-state index contributed by atoms with van der Waals surface area (Å²) >= 11 is 5.84. The monoisotopic (exact) mass is 337 g/mol. The van der Waals surface area contributed by atoms with Crippen molar-refractivity contribution in [2.24, 2.45) is 0 Å². The van der Waals surface area contributed by atoms with E-state index < -0.39 is 6.04 Å². The van der Waals surface area contributed by atoms with Crippen LogP contribution < -0.4 is 5.32 Å². The molecule has 23 heavy (non-hydrogen) atoms. The minimum Gasteiger partial charge on any atom is -0.378 e. The summed E-state index contributed by atoms with van der Waals surface area (Å²) in [6.07, 6.45) is 1.53. The number of amides is 3. The lowest BCUT2D eigenvalue weighted by molar-refractivity contribution is -0.119. The van der Waals surface area contributed by atoms with Crippen LogP contribution in [0.4, 0.5) is 10.5 Å². The van der Waals surface area contributed by atoms with Gasteiger partial charge in [0, 0.05) is 30.3 Å². The van der Waals surface area contributed by atoms with Crippen LogP contribution in [0.15, 0.2) is 24.3 Å². The van der Waals surface area contributed by atoms with Crippen LogP contribution in [0.25, 0.3) is 0 Å². The van der Waals surface area contributed by atoms with Crippen molar-refractivity contribution in [3.8, 4) is 0 Å². The van der Waals surface area contributed by atoms with Crippen LogP contribution in [0, 0.1) is 0 Å². The number of morpholine rings is 1. The van der Waals surface area contributed by atoms with E-state index in [1.165, 1.54) is 0 Å². The standard InChI is InChI=1S/C16H20ClN3O3/c17-12-3-5-13(6-4-12)18-15(21)14-2-1-7-20(14)16(22)19-8-10-23-11-9-19/h3-6,14H,1-2,7-11H2,(H,18,21)/t14-/m1/s1. The van der Waals surface area contributed by atoms with Crippen molar-refractivity contribution in [1.29, 1.82) is 0 Å². The highest BCUT2D eigenvalue weighted by Gasteiger charge is 2.36. The number of nitrogens with one attached hydrogen (secondary N) is 1. The van der Waals surface area contributed by atoms with Gasteiger partial charge >= 0.3 is 6.03 Å². The number of halogens is 1. The maximum atomic E-state index is 12.6. The highest BCUT2D eigenvalue weighted by molar-refractivity contribution is 6.30. The van der Waals surface area contributed by atoms with Crippen molar-refractivity contribution in [3.05, 3.63) is 29.3 Å². The minimum absolute atomic E-state index is 0.0675. The van der Waals surface area contributed by atoms with E-state index in [0.29, 0.717) is 50.0 Å². The number of ether oxygens (including phenoxy) is 1. The summed E-state index contributed by atoms with van der Waals surface area (Å²) in [6, 6.07) is 6.47. The Kier molecular flexibility index (Phi) is 5.03. The first-order valence-electron chi connectivity index (χ1n) is 7.85. The quantitative estimate of drug-likeness (QED) is 0.900. The molecule has 2 saturated heterocycles. The number of anilines is 1. The molecule has 0 aromatic heterocycles. The Hall–Kier alpha value is -1.79. The predicted octanol–water partition coefficient (Wildman–Crippen LogP) is 2.20. The van der Waals surface area contributed by atoms with Gasteiger partial charge in [0.25, 0.3) is 0 Å². The van der Waals surface area contributed by atoms with E-state index in [4.69, 9.17) is 16.3 Å². The summed E-state index contributed by atoms with van der Waals surface area (Å²) in [7, 11) is 0. The Morgan fingerprint density at radius 2 is 1.83 bits per heavy atom. The average Bonchev–Trinajstić information content (AvgIpc) is 3.07. The summed E-state index contributed by atoms with van der Waals surface area (Å²) < 4.78 is 5.27. The minimum atomic E-state index is -0.416. The number of carbonyl (C=O) groups excluding carboxylic acids is 2. The van der Waals surface area contributed by atoms with Crippen LogP contribution in [0.3, 0.4) is 0 Å². The van der Waals surface area contributed by atoms with Crippen molar-refractivity contribution < 1.29 is 14.3 Å². The number of carbonyl (C=O) groups is 2. The second-order valence-electron chi connectivity index (χ2n) is 5.73. The maximum absolute atomic E-state index is 12.6. The molecule has 1 atom stereocenters. The third kappa shape index (κ3) is 3.76. The number of likely N-dealkylation sites (tertiary alicyclic amines) is 1. The molecule has 2 aliphatic heterocycles. The molecule has 3 rings (SSSR count). The lowest BCUT2D eigenvalue weighted by Gasteiger charge is -2.33. The van der Waals surface area contributed by atoms with E-state index >= 15 is 0 Å². The topological polar surface area (TPSA) is 61.9 Å². The van der Waals surface area contributed by atoms with Gasteiger partial charge in [-0.25, -0.2) is 4.79 Å². The fraction of sp³-hybridized carbons (Fsp3) is 0.500. The molecule has 2 heterocycles. The van der Waals surface area contributed by atoms with Crippen molar-refractivity contribution in [2.45, 2.75) is 18.9 Å². The third-order valence-electron chi connectivity index (χ3n) is 4.19. The first kappa shape index (κ1) is 16.1. The summed E-state index contributed by atoms with van der Waals surface area (Å²) in [5.74, 6) is -0.147. The Labute approximate surface area is 140 Å². The van der Waals surface area contributed by atoms with Crippen LogP contribution in [0.1, 0.15) is 12.8 Å². The number of hydrogen-bond acceptors (Lipinski definition) is 3. The molecule has 3 amide bonds. The lowest BCUT2D eigenvalue weighted by atomic mass is 10.2. The van der Waals surface area contributed by atoms with E-state index in [-0.39, 0.29) is 11.9 Å². The highest BCUT2D eigenvalue weighted by atomic mass is 35.5. The van der Waals surface area contributed by atoms with Crippen LogP contribution in [0.5, 0.6) is 0 Å². The number of urea groups is 1. The lowest BCUT2D eigenvalue weighted by Crippen LogP contribution is -2.52. The Morgan fingerprint density at radius 3 is 2.52 bits per heavy atom. The molecule has 0 bridgehead atoms. The average molecular weight is 338 g/mol. The van der Waals surface area contributed by atoms with E-state index in [9.17, 15) is 9.59 Å². The van der Waals surface area contributed by atoms with Gasteiger partial charge in [0.05, 0.1) is 13.2 Å². The van der Waals surface area contributed by atoms with Gasteiger partial charge in [0.2, 0.25) is 5.91 Å². The Bertz CT molecular complexity index is 572. The normalized spacial score (nSPS) is 21.3. The Balaban J connectivity index is 1.64. The molecule has 1 N–H and O–H groups in total. The predicted molar refractivity (Wildman–Crippen MR) is 87.6 cm³/mol. The van der Waals surface area contributed by atoms with Gasteiger partial charge in [-0.15, -0.1) is 0 Å². The van der Waals surface area contributed by atoms with E-state index in [2.05, 4.69) is 5.32 Å². The molecule has 6 nitrogen and oxygen atoms in total. The molecule has 2 aliphatic rings. The molecule has 1 aromatic carbocycles. The SMILES string of the molecule is O=C(Nc1ccc(Cl)cc1)[C@H]1CCCN1C(=O)N1CCOCC1. The second-order valence-corrected chi connectivity index (χ2v) is 6.17. The van der Waals surface area contributed by atoms with Gasteiger partial charge in [0.1, 0.15) is 6.04 Å². The number of benzene rings is 1. The number of hydrogen-bond donors (Lipinski definition) is 1. The van der Waals surface area contributed by atoms with Crippen molar-refractivity contribution >= 4 is 29.2 Å². The van der Waals surface area contributed by atoms with E-state index in [0.717, 1.165) is 6.42 Å². The summed E-state index contributed by atoms with van der Waals surface area (Å²) in [6.45, 7) is 2.90. The van der Waals surface area contributed by atoms with Crippen molar-refractivity contribution in [3.63, 3.8) is 0 Å². The maximum Gasteiger partial charge on any atom is 0.320 e. The molecule has 2 fully saturated rings. The number of nitrogens with zero attached hydrogens (tertiary/aromatic N) is 2. The summed E-state index contributed by atoms with van der Waals surface area (Å²) in [5.41, 5.74) is 0.685. The fourth-order valence-corrected chi connectivity index (χ4v) is 3.09. The van der Waals surface area contributed by atoms with Gasteiger partial charge in [-0.1, -0.05) is 11.6 Å². The first-order chi connectivity index (χ1) is 11.1. The first-order valence-corrected chi connectivity index (χ1v) is 8.22. The molecule has 0 unspecified atom stereocenters. The molecular weight excluding hydrogens is 318 g/mol. The van der Waals surface area contributed by atoms with Crippen molar-refractivity contribution in [1.82, 2.24) is 9.80 Å². The largest absolute Gasteiger partial charge is 0.378 e. The van der Waals surface area contributed by atoms with Crippen LogP contribution in [0.2, 0.25) is 5.02 Å².